The van der Waals surface area contributed by atoms with E-state index in [0.717, 1.165) is 24.1 Å². The molecule has 0 bridgehead atoms. The van der Waals surface area contributed by atoms with Crippen LogP contribution in [0.2, 0.25) is 0 Å². The number of carboxylic acid groups (broad SMARTS) is 1. The number of nitrogens with one attached hydrogen (secondary N) is 1. The van der Waals surface area contributed by atoms with Crippen molar-refractivity contribution in [2.75, 3.05) is 16.8 Å². The van der Waals surface area contributed by atoms with Crippen molar-refractivity contribution in [1.29, 1.82) is 0 Å². The van der Waals surface area contributed by atoms with Crippen molar-refractivity contribution in [3.05, 3.63) is 23.8 Å². The molecule has 1 amide bonds. The van der Waals surface area contributed by atoms with Crippen LogP contribution >= 0.6 is 0 Å². The number of fused-ring (bicyclic) bond motifs is 1. The predicted molar refractivity (Wildman–Crippen MR) is 93.7 cm³/mol. The Kier molecular flexibility index (Phi) is 5.36. The summed E-state index contributed by atoms with van der Waals surface area (Å²) in [7, 11) is 0. The summed E-state index contributed by atoms with van der Waals surface area (Å²) in [5.74, 6) is -0.890. The maximum atomic E-state index is 12.5. The van der Waals surface area contributed by atoms with Gasteiger partial charge >= 0.3 is 12.1 Å². The van der Waals surface area contributed by atoms with Gasteiger partial charge in [0.05, 0.1) is 5.69 Å². The fraction of sp³-hybridized carbons (Fsp3) is 0.556. The zero-order chi connectivity index (χ0) is 17.9. The van der Waals surface area contributed by atoms with Gasteiger partial charge in [-0.15, -0.1) is 0 Å². The van der Waals surface area contributed by atoms with Crippen LogP contribution < -0.4 is 10.2 Å². The lowest BCUT2D eigenvalue weighted by Gasteiger charge is -2.32. The van der Waals surface area contributed by atoms with Crippen LogP contribution in [0.1, 0.15) is 46.1 Å². The molecule has 1 aromatic rings. The molecule has 0 saturated carbocycles. The predicted octanol–water partition coefficient (Wildman–Crippen LogP) is 3.65. The molecule has 2 N–H and O–H groups in total. The van der Waals surface area contributed by atoms with Gasteiger partial charge in [-0.05, 0) is 57.7 Å². The molecule has 0 radical (unpaired) electrons. The van der Waals surface area contributed by atoms with Crippen LogP contribution in [-0.4, -0.2) is 35.4 Å². The topological polar surface area (TPSA) is 78.9 Å². The van der Waals surface area contributed by atoms with Crippen molar-refractivity contribution in [1.82, 2.24) is 0 Å². The number of nitrogens with zero attached hydrogens (tertiary/aromatic N) is 1. The molecule has 0 aliphatic carbocycles. The van der Waals surface area contributed by atoms with Gasteiger partial charge in [-0.25, -0.2) is 9.59 Å². The Bertz CT molecular complexity index is 622. The first-order valence-corrected chi connectivity index (χ1v) is 8.34. The highest BCUT2D eigenvalue weighted by Crippen LogP contribution is 2.31. The Hall–Kier alpha value is -2.24. The van der Waals surface area contributed by atoms with E-state index in [1.54, 1.807) is 4.90 Å². The number of carboxylic acids is 1. The molecule has 1 aliphatic rings. The van der Waals surface area contributed by atoms with Crippen molar-refractivity contribution in [2.24, 2.45) is 0 Å². The van der Waals surface area contributed by atoms with Gasteiger partial charge in [0.25, 0.3) is 0 Å². The molecule has 0 fully saturated rings. The molecule has 1 atom stereocenters. The lowest BCUT2D eigenvalue weighted by atomic mass is 10.0. The molecule has 2 rings (SSSR count). The zero-order valence-electron chi connectivity index (χ0n) is 14.8. The lowest BCUT2D eigenvalue weighted by molar-refractivity contribution is -0.137. The third kappa shape index (κ3) is 4.40. The molecule has 0 aromatic heterocycles. The first-order valence-electron chi connectivity index (χ1n) is 8.34. The van der Waals surface area contributed by atoms with Gasteiger partial charge in [0, 0.05) is 12.2 Å². The van der Waals surface area contributed by atoms with Gasteiger partial charge in [-0.3, -0.25) is 4.90 Å². The van der Waals surface area contributed by atoms with E-state index in [9.17, 15) is 14.7 Å². The van der Waals surface area contributed by atoms with Gasteiger partial charge in [0.2, 0.25) is 0 Å². The van der Waals surface area contributed by atoms with E-state index in [1.807, 2.05) is 45.9 Å². The maximum absolute atomic E-state index is 12.5. The second kappa shape index (κ2) is 7.11. The first kappa shape index (κ1) is 18.1. The Morgan fingerprint density at radius 2 is 2.08 bits per heavy atom. The summed E-state index contributed by atoms with van der Waals surface area (Å²) in [4.78, 5) is 25.3. The summed E-state index contributed by atoms with van der Waals surface area (Å²) in [6.45, 7) is 7.93. The van der Waals surface area contributed by atoms with Crippen molar-refractivity contribution in [3.8, 4) is 0 Å². The number of amides is 1. The van der Waals surface area contributed by atoms with Crippen molar-refractivity contribution in [2.45, 2.75) is 58.6 Å². The van der Waals surface area contributed by atoms with Gasteiger partial charge in [-0.2, -0.15) is 0 Å². The van der Waals surface area contributed by atoms with Crippen molar-refractivity contribution >= 4 is 23.4 Å². The lowest BCUT2D eigenvalue weighted by Crippen LogP contribution is -2.40. The number of carbonyl (C=O) groups excluding carboxylic acids is 1. The zero-order valence-corrected chi connectivity index (χ0v) is 14.8. The highest BCUT2D eigenvalue weighted by atomic mass is 16.6. The fourth-order valence-electron chi connectivity index (χ4n) is 2.71. The van der Waals surface area contributed by atoms with Crippen LogP contribution in [0.3, 0.4) is 0 Å². The molecule has 1 unspecified atom stereocenters. The number of ether oxygens (including phenoxy) is 1. The number of benzene rings is 1. The number of aliphatic carboxylic acids is 1. The van der Waals surface area contributed by atoms with E-state index in [-0.39, 0.29) is 6.09 Å². The standard InChI is InChI=1S/C18H26N2O4/c1-5-14(16(21)22)19-13-9-8-12-7-6-10-20(15(12)11-13)17(23)24-18(2,3)4/h8-9,11,14,19H,5-7,10H2,1-4H3,(H,21,22). The number of aryl methyl sites for hydroxylation is 1. The van der Waals surface area contributed by atoms with Gasteiger partial charge in [0.15, 0.2) is 0 Å². The summed E-state index contributed by atoms with van der Waals surface area (Å²) in [6.07, 6.45) is 1.88. The quantitative estimate of drug-likeness (QED) is 0.878. The van der Waals surface area contributed by atoms with E-state index < -0.39 is 17.6 Å². The maximum Gasteiger partial charge on any atom is 0.414 e. The number of hydrogen-bond donors (Lipinski definition) is 2. The van der Waals surface area contributed by atoms with Crippen LogP contribution in [-0.2, 0) is 16.0 Å². The molecular formula is C18H26N2O4. The van der Waals surface area contributed by atoms with Crippen LogP contribution in [0.5, 0.6) is 0 Å². The highest BCUT2D eigenvalue weighted by molar-refractivity contribution is 5.90. The number of anilines is 2. The minimum absolute atomic E-state index is 0.370. The highest BCUT2D eigenvalue weighted by Gasteiger charge is 2.27. The fourth-order valence-corrected chi connectivity index (χ4v) is 2.71. The number of rotatable bonds is 4. The smallest absolute Gasteiger partial charge is 0.414 e. The SMILES string of the molecule is CCC(Nc1ccc2c(c1)N(C(=O)OC(C)(C)C)CCC2)C(=O)O. The minimum atomic E-state index is -0.890. The summed E-state index contributed by atoms with van der Waals surface area (Å²) < 4.78 is 5.49. The molecule has 24 heavy (non-hydrogen) atoms. The van der Waals surface area contributed by atoms with Crippen LogP contribution in [0.25, 0.3) is 0 Å². The van der Waals surface area contributed by atoms with E-state index in [1.165, 1.54) is 0 Å². The third-order valence-corrected chi connectivity index (χ3v) is 3.87. The van der Waals surface area contributed by atoms with Crippen LogP contribution in [0.4, 0.5) is 16.2 Å². The van der Waals surface area contributed by atoms with Gasteiger partial charge in [-0.1, -0.05) is 13.0 Å². The van der Waals surface area contributed by atoms with Gasteiger partial charge < -0.3 is 15.2 Å². The largest absolute Gasteiger partial charge is 0.480 e. The first-order chi connectivity index (χ1) is 11.2. The second-order valence-corrected chi connectivity index (χ2v) is 7.02. The molecule has 1 aromatic carbocycles. The Morgan fingerprint density at radius 3 is 2.67 bits per heavy atom. The molecule has 1 aliphatic heterocycles. The third-order valence-electron chi connectivity index (χ3n) is 3.87. The van der Waals surface area contributed by atoms with Crippen molar-refractivity contribution in [3.63, 3.8) is 0 Å². The number of hydrogen-bond acceptors (Lipinski definition) is 4. The molecule has 1 heterocycles. The summed E-state index contributed by atoms with van der Waals surface area (Å²) in [5.41, 5.74) is 2.00. The average Bonchev–Trinajstić information content (AvgIpc) is 2.49. The normalized spacial score (nSPS) is 15.4. The van der Waals surface area contributed by atoms with E-state index in [4.69, 9.17) is 4.74 Å². The molecule has 6 nitrogen and oxygen atoms in total. The van der Waals surface area contributed by atoms with E-state index >= 15 is 0 Å². The number of carbonyl (C=O) groups is 2. The molecule has 0 spiro atoms. The van der Waals surface area contributed by atoms with Crippen LogP contribution in [0, 0.1) is 0 Å². The van der Waals surface area contributed by atoms with Gasteiger partial charge in [0.1, 0.15) is 11.6 Å². The summed E-state index contributed by atoms with van der Waals surface area (Å²) in [6, 6.07) is 5.00. The van der Waals surface area contributed by atoms with E-state index in [2.05, 4.69) is 5.32 Å². The van der Waals surface area contributed by atoms with E-state index in [0.29, 0.717) is 18.7 Å². The molecule has 132 valence electrons. The molecule has 0 saturated heterocycles. The molecular weight excluding hydrogens is 308 g/mol. The van der Waals surface area contributed by atoms with Crippen molar-refractivity contribution < 1.29 is 19.4 Å². The summed E-state index contributed by atoms with van der Waals surface area (Å²) in [5, 5.41) is 12.2. The average molecular weight is 334 g/mol. The Morgan fingerprint density at radius 1 is 1.38 bits per heavy atom. The monoisotopic (exact) mass is 334 g/mol. The molecule has 6 heteroatoms. The minimum Gasteiger partial charge on any atom is -0.480 e. The second-order valence-electron chi connectivity index (χ2n) is 7.02. The summed E-state index contributed by atoms with van der Waals surface area (Å²) >= 11 is 0. The Balaban J connectivity index is 2.26. The van der Waals surface area contributed by atoms with Crippen LogP contribution in [0.15, 0.2) is 18.2 Å². The Labute approximate surface area is 142 Å².